The molecular weight excluding hydrogens is 308 g/mol. The summed E-state index contributed by atoms with van der Waals surface area (Å²) in [5.74, 6) is -0.504. The van der Waals surface area contributed by atoms with Gasteiger partial charge in [-0.2, -0.15) is 0 Å². The second-order valence-electron chi connectivity index (χ2n) is 4.13. The minimum atomic E-state index is -4.18. The Kier molecular flexibility index (Phi) is 4.72. The van der Waals surface area contributed by atoms with Crippen molar-refractivity contribution in [2.45, 2.75) is 18.7 Å². The van der Waals surface area contributed by atoms with Crippen LogP contribution in [0, 0.1) is 17.0 Å². The largest absolute Gasteiger partial charge is 0.342 e. The van der Waals surface area contributed by atoms with Gasteiger partial charge in [0.25, 0.3) is 20.6 Å². The fraction of sp³-hybridized carbons (Fsp3) is 0.364. The smallest absolute Gasteiger partial charge is 0.271 e. The van der Waals surface area contributed by atoms with E-state index in [1.54, 1.807) is 6.92 Å². The van der Waals surface area contributed by atoms with E-state index in [0.29, 0.717) is 6.54 Å². The lowest BCUT2D eigenvalue weighted by atomic mass is 10.1. The van der Waals surface area contributed by atoms with E-state index in [-0.39, 0.29) is 11.1 Å². The molecule has 1 aromatic rings. The van der Waals surface area contributed by atoms with Crippen molar-refractivity contribution in [1.29, 1.82) is 0 Å². The van der Waals surface area contributed by atoms with Crippen molar-refractivity contribution in [2.75, 3.05) is 13.6 Å². The van der Waals surface area contributed by atoms with Gasteiger partial charge in [0.2, 0.25) is 0 Å². The number of hydrogen-bond donors (Lipinski definition) is 0. The molecule has 9 heteroatoms. The number of rotatable bonds is 4. The second-order valence-corrected chi connectivity index (χ2v) is 6.67. The predicted molar refractivity (Wildman–Crippen MR) is 73.5 cm³/mol. The quantitative estimate of drug-likeness (QED) is 0.479. The van der Waals surface area contributed by atoms with Gasteiger partial charge in [0.1, 0.15) is 0 Å². The van der Waals surface area contributed by atoms with Crippen LogP contribution in [0.4, 0.5) is 5.69 Å². The molecule has 7 nitrogen and oxygen atoms in total. The zero-order chi connectivity index (χ0) is 15.7. The third-order valence-electron chi connectivity index (χ3n) is 2.87. The summed E-state index contributed by atoms with van der Waals surface area (Å²) in [6.07, 6.45) is 0. The molecule has 1 aromatic carbocycles. The molecule has 0 bridgehead atoms. The zero-order valence-electron chi connectivity index (χ0n) is 11.1. The van der Waals surface area contributed by atoms with Crippen LogP contribution in [0.1, 0.15) is 22.8 Å². The number of carbonyl (C=O) groups is 1. The van der Waals surface area contributed by atoms with E-state index >= 15 is 0 Å². The van der Waals surface area contributed by atoms with Crippen LogP contribution in [-0.4, -0.2) is 37.7 Å². The molecule has 0 unspecified atom stereocenters. The number of halogens is 1. The molecule has 0 atom stereocenters. The predicted octanol–water partition coefficient (Wildman–Crippen LogP) is 1.92. The van der Waals surface area contributed by atoms with Crippen molar-refractivity contribution in [1.82, 2.24) is 4.90 Å². The fourth-order valence-electron chi connectivity index (χ4n) is 1.60. The van der Waals surface area contributed by atoms with Gasteiger partial charge in [-0.25, -0.2) is 8.42 Å². The highest BCUT2D eigenvalue weighted by molar-refractivity contribution is 8.13. The van der Waals surface area contributed by atoms with E-state index in [9.17, 15) is 23.3 Å². The highest BCUT2D eigenvalue weighted by Crippen LogP contribution is 2.28. The molecule has 20 heavy (non-hydrogen) atoms. The maximum Gasteiger partial charge on any atom is 0.271 e. The molecule has 0 aliphatic carbocycles. The Morgan fingerprint density at radius 3 is 2.40 bits per heavy atom. The first-order valence-electron chi connectivity index (χ1n) is 5.58. The van der Waals surface area contributed by atoms with Crippen molar-refractivity contribution in [3.63, 3.8) is 0 Å². The maximum absolute atomic E-state index is 12.1. The Morgan fingerprint density at radius 2 is 2.00 bits per heavy atom. The first-order chi connectivity index (χ1) is 9.09. The van der Waals surface area contributed by atoms with Crippen LogP contribution in [0.15, 0.2) is 17.0 Å². The molecule has 0 saturated heterocycles. The second kappa shape index (κ2) is 5.76. The molecule has 0 spiro atoms. The topological polar surface area (TPSA) is 97.6 Å². The Balaban J connectivity index is 3.64. The number of non-ortho nitro benzene ring substituents is 1. The first kappa shape index (κ1) is 16.4. The summed E-state index contributed by atoms with van der Waals surface area (Å²) in [5.41, 5.74) is -0.457. The van der Waals surface area contributed by atoms with E-state index in [1.807, 2.05) is 0 Å². The van der Waals surface area contributed by atoms with E-state index < -0.39 is 30.5 Å². The van der Waals surface area contributed by atoms with Crippen LogP contribution in [0.5, 0.6) is 0 Å². The number of hydrogen-bond acceptors (Lipinski definition) is 5. The molecule has 0 fully saturated rings. The Bertz CT molecular complexity index is 672. The van der Waals surface area contributed by atoms with Crippen LogP contribution in [0.2, 0.25) is 0 Å². The fourth-order valence-corrected chi connectivity index (χ4v) is 2.82. The minimum Gasteiger partial charge on any atom is -0.342 e. The molecule has 0 aliphatic rings. The molecule has 110 valence electrons. The van der Waals surface area contributed by atoms with Gasteiger partial charge in [-0.3, -0.25) is 14.9 Å². The van der Waals surface area contributed by atoms with Gasteiger partial charge in [-0.05, 0) is 19.4 Å². The normalized spacial score (nSPS) is 11.2. The average Bonchev–Trinajstić information content (AvgIpc) is 2.35. The number of nitro groups is 1. The van der Waals surface area contributed by atoms with Crippen LogP contribution < -0.4 is 0 Å². The lowest BCUT2D eigenvalue weighted by Crippen LogP contribution is -2.27. The highest BCUT2D eigenvalue weighted by atomic mass is 35.7. The maximum atomic E-state index is 12.1. The van der Waals surface area contributed by atoms with Gasteiger partial charge in [0.05, 0.1) is 15.4 Å². The summed E-state index contributed by atoms with van der Waals surface area (Å²) in [6.45, 7) is 3.49. The van der Waals surface area contributed by atoms with E-state index in [0.717, 1.165) is 12.1 Å². The zero-order valence-corrected chi connectivity index (χ0v) is 12.7. The summed E-state index contributed by atoms with van der Waals surface area (Å²) in [6, 6.07) is 1.90. The standard InChI is InChI=1S/C11H13ClN2O5S/c1-4-13(3)11(15)9-5-8(14(16)17)6-10(7(9)2)20(12,18)19/h5-6H,4H2,1-3H3. The molecule has 0 aliphatic heterocycles. The third-order valence-corrected chi connectivity index (χ3v) is 4.32. The van der Waals surface area contributed by atoms with Gasteiger partial charge in [0.15, 0.2) is 0 Å². The third kappa shape index (κ3) is 3.26. The van der Waals surface area contributed by atoms with Gasteiger partial charge < -0.3 is 4.90 Å². The van der Waals surface area contributed by atoms with Crippen molar-refractivity contribution < 1.29 is 18.1 Å². The molecule has 1 amide bonds. The van der Waals surface area contributed by atoms with E-state index in [1.165, 1.54) is 18.9 Å². The summed E-state index contributed by atoms with van der Waals surface area (Å²) in [7, 11) is 2.58. The molecular formula is C11H13ClN2O5S. The van der Waals surface area contributed by atoms with Crippen LogP contribution in [0.25, 0.3) is 0 Å². The Hall–Kier alpha value is -1.67. The van der Waals surface area contributed by atoms with Crippen molar-refractivity contribution in [3.8, 4) is 0 Å². The van der Waals surface area contributed by atoms with E-state index in [4.69, 9.17) is 10.7 Å². The van der Waals surface area contributed by atoms with Crippen molar-refractivity contribution in [3.05, 3.63) is 33.4 Å². The number of nitrogens with zero attached hydrogens (tertiary/aromatic N) is 2. The summed E-state index contributed by atoms with van der Waals surface area (Å²) < 4.78 is 22.9. The van der Waals surface area contributed by atoms with Gasteiger partial charge in [-0.1, -0.05) is 0 Å². The number of nitro benzene ring substituents is 1. The van der Waals surface area contributed by atoms with Gasteiger partial charge >= 0.3 is 0 Å². The van der Waals surface area contributed by atoms with Crippen LogP contribution in [-0.2, 0) is 9.05 Å². The highest BCUT2D eigenvalue weighted by Gasteiger charge is 2.25. The molecule has 0 aromatic heterocycles. The first-order valence-corrected chi connectivity index (χ1v) is 7.89. The molecule has 0 radical (unpaired) electrons. The van der Waals surface area contributed by atoms with Crippen LogP contribution >= 0.6 is 10.7 Å². The lowest BCUT2D eigenvalue weighted by Gasteiger charge is -2.16. The monoisotopic (exact) mass is 320 g/mol. The Labute approximate surface area is 120 Å². The minimum absolute atomic E-state index is 0.0530. The SMILES string of the molecule is CCN(C)C(=O)c1cc([N+](=O)[O-])cc(S(=O)(=O)Cl)c1C. The number of amides is 1. The van der Waals surface area contributed by atoms with Crippen molar-refractivity contribution >= 4 is 31.3 Å². The summed E-state index contributed by atoms with van der Waals surface area (Å²) in [5, 5.41) is 10.8. The van der Waals surface area contributed by atoms with Crippen LogP contribution in [0.3, 0.4) is 0 Å². The molecule has 0 N–H and O–H groups in total. The number of carbonyl (C=O) groups excluding carboxylic acids is 1. The lowest BCUT2D eigenvalue weighted by molar-refractivity contribution is -0.385. The molecule has 0 heterocycles. The van der Waals surface area contributed by atoms with Gasteiger partial charge in [0, 0.05) is 36.4 Å². The Morgan fingerprint density at radius 1 is 1.45 bits per heavy atom. The summed E-state index contributed by atoms with van der Waals surface area (Å²) in [4.78, 5) is 23.1. The average molecular weight is 321 g/mol. The van der Waals surface area contributed by atoms with Crippen molar-refractivity contribution in [2.24, 2.45) is 0 Å². The summed E-state index contributed by atoms with van der Waals surface area (Å²) >= 11 is 0. The van der Waals surface area contributed by atoms with Gasteiger partial charge in [-0.15, -0.1) is 0 Å². The number of benzene rings is 1. The molecule has 1 rings (SSSR count). The van der Waals surface area contributed by atoms with E-state index in [2.05, 4.69) is 0 Å². The molecule has 0 saturated carbocycles.